The highest BCUT2D eigenvalue weighted by molar-refractivity contribution is 5.36. The minimum atomic E-state index is -0.391. The van der Waals surface area contributed by atoms with Gasteiger partial charge in [0.15, 0.2) is 0 Å². The maximum Gasteiger partial charge on any atom is 0.0830 e. The van der Waals surface area contributed by atoms with Crippen LogP contribution in [-0.4, -0.2) is 42.7 Å². The second-order valence-corrected chi connectivity index (χ2v) is 7.79. The molecule has 0 bridgehead atoms. The molecule has 2 atom stereocenters. The van der Waals surface area contributed by atoms with Crippen molar-refractivity contribution in [2.75, 3.05) is 32.7 Å². The Morgan fingerprint density at radius 1 is 1.23 bits per heavy atom. The Hall–Kier alpha value is -0.900. The Bertz CT molecular complexity index is 487. The summed E-state index contributed by atoms with van der Waals surface area (Å²) < 4.78 is 0. The first-order valence-electron chi connectivity index (χ1n) is 8.51. The van der Waals surface area contributed by atoms with E-state index in [0.29, 0.717) is 0 Å². The monoisotopic (exact) mass is 304 g/mol. The fourth-order valence-corrected chi connectivity index (χ4v) is 3.13. The van der Waals surface area contributed by atoms with Crippen molar-refractivity contribution in [2.45, 2.75) is 46.1 Å². The molecule has 1 fully saturated rings. The van der Waals surface area contributed by atoms with Crippen LogP contribution < -0.4 is 5.32 Å². The lowest BCUT2D eigenvalue weighted by atomic mass is 9.83. The van der Waals surface area contributed by atoms with Gasteiger partial charge in [0.25, 0.3) is 0 Å². The Morgan fingerprint density at radius 2 is 1.86 bits per heavy atom. The highest BCUT2D eigenvalue weighted by atomic mass is 16.3. The van der Waals surface area contributed by atoms with Gasteiger partial charge in [-0.1, -0.05) is 45.9 Å². The summed E-state index contributed by atoms with van der Waals surface area (Å²) in [6.45, 7) is 16.2. The lowest BCUT2D eigenvalue weighted by molar-refractivity contribution is 0.0836. The van der Waals surface area contributed by atoms with Crippen LogP contribution in [0.15, 0.2) is 18.2 Å². The number of hydrogen-bond acceptors (Lipinski definition) is 3. The molecule has 3 heteroatoms. The van der Waals surface area contributed by atoms with E-state index in [2.05, 4.69) is 63.0 Å². The number of nitrogens with zero attached hydrogens (tertiary/aromatic N) is 1. The Kier molecular flexibility index (Phi) is 5.65. The molecule has 2 unspecified atom stereocenters. The van der Waals surface area contributed by atoms with E-state index in [1.54, 1.807) is 0 Å². The Balaban J connectivity index is 2.11. The number of rotatable bonds is 4. The van der Waals surface area contributed by atoms with Crippen LogP contribution in [0, 0.1) is 12.8 Å². The minimum Gasteiger partial charge on any atom is -0.388 e. The van der Waals surface area contributed by atoms with Crippen molar-refractivity contribution < 1.29 is 5.11 Å². The molecule has 3 nitrogen and oxygen atoms in total. The number of nitrogens with one attached hydrogen (secondary N) is 1. The van der Waals surface area contributed by atoms with E-state index >= 15 is 0 Å². The minimum absolute atomic E-state index is 0.115. The van der Waals surface area contributed by atoms with Crippen LogP contribution in [0.4, 0.5) is 0 Å². The Labute approximate surface area is 135 Å². The number of aliphatic hydroxyl groups excluding tert-OH is 1. The van der Waals surface area contributed by atoms with Crippen LogP contribution >= 0.6 is 0 Å². The predicted octanol–water partition coefficient (Wildman–Crippen LogP) is 2.87. The van der Waals surface area contributed by atoms with E-state index in [1.807, 2.05) is 0 Å². The maximum atomic E-state index is 10.8. The molecule has 1 aliphatic rings. The lowest BCUT2D eigenvalue weighted by Gasteiger charge is -2.32. The molecule has 1 aliphatic heterocycles. The van der Waals surface area contributed by atoms with Crippen LogP contribution in [0.1, 0.15) is 50.5 Å². The molecule has 1 saturated heterocycles. The zero-order chi connectivity index (χ0) is 16.3. The average molecular weight is 304 g/mol. The van der Waals surface area contributed by atoms with Crippen molar-refractivity contribution in [3.8, 4) is 0 Å². The summed E-state index contributed by atoms with van der Waals surface area (Å²) in [5, 5.41) is 14.2. The van der Waals surface area contributed by atoms with Gasteiger partial charge in [-0.15, -0.1) is 0 Å². The van der Waals surface area contributed by atoms with Crippen LogP contribution in [0.5, 0.6) is 0 Å². The molecule has 0 spiro atoms. The molecule has 0 aromatic heterocycles. The van der Waals surface area contributed by atoms with Crippen molar-refractivity contribution in [1.29, 1.82) is 0 Å². The zero-order valence-corrected chi connectivity index (χ0v) is 14.8. The highest BCUT2D eigenvalue weighted by Gasteiger charge is 2.23. The van der Waals surface area contributed by atoms with Gasteiger partial charge in [-0.2, -0.15) is 0 Å². The largest absolute Gasteiger partial charge is 0.388 e. The normalized spacial score (nSPS) is 19.9. The standard InChI is InChI=1S/C19H32N2O/c1-14-6-7-16(19(3,4)5)12-17(14)18(22)15(2)13-21-10-8-20-9-11-21/h6-7,12,15,18,20,22H,8-11,13H2,1-5H3. The predicted molar refractivity (Wildman–Crippen MR) is 93.3 cm³/mol. The molecule has 124 valence electrons. The average Bonchev–Trinajstić information content (AvgIpc) is 2.46. The van der Waals surface area contributed by atoms with Gasteiger partial charge in [-0.25, -0.2) is 0 Å². The van der Waals surface area contributed by atoms with Gasteiger partial charge in [0.2, 0.25) is 0 Å². The maximum absolute atomic E-state index is 10.8. The molecule has 1 heterocycles. The first-order chi connectivity index (χ1) is 10.3. The quantitative estimate of drug-likeness (QED) is 0.898. The smallest absolute Gasteiger partial charge is 0.0830 e. The molecule has 22 heavy (non-hydrogen) atoms. The van der Waals surface area contributed by atoms with E-state index in [4.69, 9.17) is 0 Å². The van der Waals surface area contributed by atoms with Gasteiger partial charge >= 0.3 is 0 Å². The summed E-state index contributed by atoms with van der Waals surface area (Å²) in [6.07, 6.45) is -0.391. The third kappa shape index (κ3) is 4.31. The first kappa shape index (κ1) is 17.5. The summed E-state index contributed by atoms with van der Waals surface area (Å²) in [5.41, 5.74) is 3.69. The van der Waals surface area contributed by atoms with Crippen molar-refractivity contribution in [1.82, 2.24) is 10.2 Å². The van der Waals surface area contributed by atoms with Crippen molar-refractivity contribution in [3.63, 3.8) is 0 Å². The molecule has 2 N–H and O–H groups in total. The van der Waals surface area contributed by atoms with E-state index < -0.39 is 6.10 Å². The molecule has 0 aliphatic carbocycles. The molecular formula is C19H32N2O. The summed E-state index contributed by atoms with van der Waals surface area (Å²) >= 11 is 0. The lowest BCUT2D eigenvalue weighted by Crippen LogP contribution is -2.45. The number of hydrogen-bond donors (Lipinski definition) is 2. The highest BCUT2D eigenvalue weighted by Crippen LogP contribution is 2.30. The second kappa shape index (κ2) is 7.12. The van der Waals surface area contributed by atoms with E-state index in [0.717, 1.165) is 38.3 Å². The first-order valence-corrected chi connectivity index (χ1v) is 8.51. The van der Waals surface area contributed by atoms with E-state index in [1.165, 1.54) is 11.1 Å². The fraction of sp³-hybridized carbons (Fsp3) is 0.684. The van der Waals surface area contributed by atoms with Gasteiger partial charge in [-0.3, -0.25) is 0 Å². The molecule has 0 amide bonds. The summed E-state index contributed by atoms with van der Waals surface area (Å²) in [5.74, 6) is 0.243. The van der Waals surface area contributed by atoms with Gasteiger partial charge in [0.1, 0.15) is 0 Å². The molecule has 0 radical (unpaired) electrons. The second-order valence-electron chi connectivity index (χ2n) is 7.79. The molecule has 1 aromatic rings. The zero-order valence-electron chi connectivity index (χ0n) is 14.8. The number of aliphatic hydroxyl groups is 1. The van der Waals surface area contributed by atoms with Gasteiger partial charge in [-0.05, 0) is 34.9 Å². The van der Waals surface area contributed by atoms with Gasteiger partial charge < -0.3 is 15.3 Å². The van der Waals surface area contributed by atoms with Crippen molar-refractivity contribution in [2.24, 2.45) is 5.92 Å². The summed E-state index contributed by atoms with van der Waals surface area (Å²) in [7, 11) is 0. The van der Waals surface area contributed by atoms with Gasteiger partial charge in [0.05, 0.1) is 6.10 Å². The van der Waals surface area contributed by atoms with E-state index in [9.17, 15) is 5.11 Å². The van der Waals surface area contributed by atoms with Crippen molar-refractivity contribution >= 4 is 0 Å². The number of benzene rings is 1. The number of piperazine rings is 1. The molecular weight excluding hydrogens is 272 g/mol. The molecule has 0 saturated carbocycles. The van der Waals surface area contributed by atoms with Crippen LogP contribution in [0.3, 0.4) is 0 Å². The summed E-state index contributed by atoms with van der Waals surface area (Å²) in [4.78, 5) is 2.45. The molecule has 1 aromatic carbocycles. The summed E-state index contributed by atoms with van der Waals surface area (Å²) in [6, 6.07) is 6.54. The van der Waals surface area contributed by atoms with E-state index in [-0.39, 0.29) is 11.3 Å². The number of aryl methyl sites for hydroxylation is 1. The van der Waals surface area contributed by atoms with Crippen LogP contribution in [-0.2, 0) is 5.41 Å². The fourth-order valence-electron chi connectivity index (χ4n) is 3.13. The van der Waals surface area contributed by atoms with Crippen LogP contribution in [0.25, 0.3) is 0 Å². The third-order valence-electron chi connectivity index (χ3n) is 4.76. The molecule has 2 rings (SSSR count). The van der Waals surface area contributed by atoms with Gasteiger partial charge in [0, 0.05) is 32.7 Å². The third-order valence-corrected chi connectivity index (χ3v) is 4.76. The topological polar surface area (TPSA) is 35.5 Å². The SMILES string of the molecule is Cc1ccc(C(C)(C)C)cc1C(O)C(C)CN1CCNCC1. The van der Waals surface area contributed by atoms with Crippen LogP contribution in [0.2, 0.25) is 0 Å². The van der Waals surface area contributed by atoms with Crippen molar-refractivity contribution in [3.05, 3.63) is 34.9 Å². The Morgan fingerprint density at radius 3 is 2.45 bits per heavy atom.